The molecule has 3 rings (SSSR count). The first-order valence-corrected chi connectivity index (χ1v) is 7.46. The molecular formula is C16H17ClN2O. The molecule has 1 heterocycles. The van der Waals surface area contributed by atoms with E-state index in [0.29, 0.717) is 5.02 Å². The molecule has 0 N–H and O–H groups in total. The summed E-state index contributed by atoms with van der Waals surface area (Å²) < 4.78 is 0. The molecule has 0 bridgehead atoms. The molecule has 1 aliphatic carbocycles. The van der Waals surface area contributed by atoms with Crippen molar-refractivity contribution in [1.29, 1.82) is 0 Å². The normalized spacial score (nSPS) is 16.2. The predicted molar refractivity (Wildman–Crippen MR) is 82.2 cm³/mol. The molecule has 4 heteroatoms. The third-order valence-electron chi connectivity index (χ3n) is 4.05. The van der Waals surface area contributed by atoms with Gasteiger partial charge in [0.1, 0.15) is 0 Å². The molecule has 0 radical (unpaired) electrons. The van der Waals surface area contributed by atoms with Gasteiger partial charge in [-0.05, 0) is 37.1 Å². The lowest BCUT2D eigenvalue weighted by molar-refractivity contribution is -0.108. The Kier molecular flexibility index (Phi) is 3.88. The second-order valence-electron chi connectivity index (χ2n) is 5.27. The molecule has 2 aromatic rings. The Balaban J connectivity index is 2.07. The van der Waals surface area contributed by atoms with Crippen LogP contribution in [0.25, 0.3) is 10.9 Å². The van der Waals surface area contributed by atoms with Crippen LogP contribution in [0.15, 0.2) is 30.5 Å². The Morgan fingerprint density at radius 1 is 1.20 bits per heavy atom. The van der Waals surface area contributed by atoms with E-state index in [4.69, 9.17) is 11.6 Å². The van der Waals surface area contributed by atoms with Gasteiger partial charge < -0.3 is 4.90 Å². The molecule has 1 aromatic heterocycles. The van der Waals surface area contributed by atoms with Crippen LogP contribution >= 0.6 is 11.6 Å². The van der Waals surface area contributed by atoms with Crippen LogP contribution in [0.3, 0.4) is 0 Å². The molecular weight excluding hydrogens is 272 g/mol. The van der Waals surface area contributed by atoms with E-state index in [2.05, 4.69) is 4.98 Å². The highest BCUT2D eigenvalue weighted by Crippen LogP contribution is 2.33. The van der Waals surface area contributed by atoms with Crippen molar-refractivity contribution in [3.05, 3.63) is 35.5 Å². The Morgan fingerprint density at radius 3 is 2.75 bits per heavy atom. The summed E-state index contributed by atoms with van der Waals surface area (Å²) in [5.41, 5.74) is 1.67. The molecule has 0 spiro atoms. The summed E-state index contributed by atoms with van der Waals surface area (Å²) >= 11 is 6.22. The summed E-state index contributed by atoms with van der Waals surface area (Å²) in [5.74, 6) is 0. The Morgan fingerprint density at radius 2 is 2.00 bits per heavy atom. The quantitative estimate of drug-likeness (QED) is 0.794. The summed E-state index contributed by atoms with van der Waals surface area (Å²) in [5, 5.41) is 1.57. The highest BCUT2D eigenvalue weighted by Gasteiger charge is 2.23. The summed E-state index contributed by atoms with van der Waals surface area (Å²) in [6.45, 7) is 0. The van der Waals surface area contributed by atoms with E-state index < -0.39 is 0 Å². The minimum Gasteiger partial charge on any atom is -0.310 e. The number of amides is 1. The monoisotopic (exact) mass is 288 g/mol. The van der Waals surface area contributed by atoms with Gasteiger partial charge in [0.15, 0.2) is 0 Å². The largest absolute Gasteiger partial charge is 0.310 e. The number of anilines is 1. The number of hydrogen-bond acceptors (Lipinski definition) is 2. The number of hydrogen-bond donors (Lipinski definition) is 0. The van der Waals surface area contributed by atoms with Crippen molar-refractivity contribution in [1.82, 2.24) is 4.98 Å². The summed E-state index contributed by atoms with van der Waals surface area (Å²) in [4.78, 5) is 17.9. The molecule has 0 atom stereocenters. The Bertz CT molecular complexity index is 623. The number of aromatic nitrogens is 1. The van der Waals surface area contributed by atoms with E-state index >= 15 is 0 Å². The lowest BCUT2D eigenvalue weighted by Gasteiger charge is -2.31. The van der Waals surface area contributed by atoms with E-state index in [9.17, 15) is 4.79 Å². The van der Waals surface area contributed by atoms with Gasteiger partial charge in [0.05, 0.1) is 16.2 Å². The number of halogens is 1. The molecule has 1 aromatic carbocycles. The number of carbonyl (C=O) groups is 1. The summed E-state index contributed by atoms with van der Waals surface area (Å²) in [6.07, 6.45) is 8.45. The smallest absolute Gasteiger partial charge is 0.214 e. The maximum atomic E-state index is 11.6. The lowest BCUT2D eigenvalue weighted by atomic mass is 9.94. The molecule has 3 nitrogen and oxygen atoms in total. The number of rotatable bonds is 3. The second-order valence-corrected chi connectivity index (χ2v) is 5.68. The predicted octanol–water partition coefficient (Wildman–Crippen LogP) is 4.18. The average Bonchev–Trinajstić information content (AvgIpc) is 2.52. The van der Waals surface area contributed by atoms with Gasteiger partial charge in [-0.3, -0.25) is 9.78 Å². The lowest BCUT2D eigenvalue weighted by Crippen LogP contribution is -2.35. The zero-order valence-corrected chi connectivity index (χ0v) is 12.0. The van der Waals surface area contributed by atoms with Gasteiger partial charge in [-0.25, -0.2) is 0 Å². The number of nitrogens with zero attached hydrogens (tertiary/aromatic N) is 2. The van der Waals surface area contributed by atoms with Crippen LogP contribution in [0.4, 0.5) is 5.69 Å². The standard InChI is InChI=1S/C16H17ClN2O/c17-14-8-9-15(16-13(14)7-4-10-18-16)19(11-20)12-5-2-1-3-6-12/h4,7-12H,1-3,5-6H2. The van der Waals surface area contributed by atoms with Gasteiger partial charge in [0.2, 0.25) is 6.41 Å². The van der Waals surface area contributed by atoms with Crippen LogP contribution in [-0.2, 0) is 4.79 Å². The van der Waals surface area contributed by atoms with Crippen LogP contribution in [0.1, 0.15) is 32.1 Å². The Labute approximate surface area is 123 Å². The van der Waals surface area contributed by atoms with Crippen molar-refractivity contribution < 1.29 is 4.79 Å². The van der Waals surface area contributed by atoms with Gasteiger partial charge in [-0.2, -0.15) is 0 Å². The number of fused-ring (bicyclic) bond motifs is 1. The zero-order chi connectivity index (χ0) is 13.9. The fraction of sp³-hybridized carbons (Fsp3) is 0.375. The number of pyridine rings is 1. The zero-order valence-electron chi connectivity index (χ0n) is 11.3. The van der Waals surface area contributed by atoms with E-state index in [1.807, 2.05) is 29.2 Å². The number of benzene rings is 1. The van der Waals surface area contributed by atoms with E-state index in [-0.39, 0.29) is 6.04 Å². The highest BCUT2D eigenvalue weighted by molar-refractivity contribution is 6.35. The molecule has 0 saturated heterocycles. The topological polar surface area (TPSA) is 33.2 Å². The fourth-order valence-electron chi connectivity index (χ4n) is 3.03. The maximum Gasteiger partial charge on any atom is 0.214 e. The third kappa shape index (κ3) is 2.38. The molecule has 1 amide bonds. The van der Waals surface area contributed by atoms with Gasteiger partial charge in [-0.15, -0.1) is 0 Å². The highest BCUT2D eigenvalue weighted by atomic mass is 35.5. The second kappa shape index (κ2) is 5.80. The summed E-state index contributed by atoms with van der Waals surface area (Å²) in [6, 6.07) is 7.84. The van der Waals surface area contributed by atoms with Crippen molar-refractivity contribution in [2.24, 2.45) is 0 Å². The number of carbonyl (C=O) groups excluding carboxylic acids is 1. The average molecular weight is 289 g/mol. The molecule has 1 saturated carbocycles. The molecule has 0 unspecified atom stereocenters. The van der Waals surface area contributed by atoms with Gasteiger partial charge in [0, 0.05) is 17.6 Å². The molecule has 104 valence electrons. The molecule has 20 heavy (non-hydrogen) atoms. The maximum absolute atomic E-state index is 11.6. The summed E-state index contributed by atoms with van der Waals surface area (Å²) in [7, 11) is 0. The molecule has 0 aliphatic heterocycles. The first-order chi connectivity index (χ1) is 9.81. The van der Waals surface area contributed by atoms with Crippen LogP contribution < -0.4 is 4.90 Å². The Hall–Kier alpha value is -1.61. The van der Waals surface area contributed by atoms with Gasteiger partial charge >= 0.3 is 0 Å². The van der Waals surface area contributed by atoms with Crippen molar-refractivity contribution in [3.8, 4) is 0 Å². The minimum absolute atomic E-state index is 0.285. The van der Waals surface area contributed by atoms with Crippen molar-refractivity contribution in [2.75, 3.05) is 4.90 Å². The van der Waals surface area contributed by atoms with Crippen molar-refractivity contribution >= 4 is 34.6 Å². The van der Waals surface area contributed by atoms with Crippen LogP contribution in [0, 0.1) is 0 Å². The first kappa shape index (κ1) is 13.4. The molecule has 1 aliphatic rings. The van der Waals surface area contributed by atoms with Crippen molar-refractivity contribution in [3.63, 3.8) is 0 Å². The van der Waals surface area contributed by atoms with Crippen molar-refractivity contribution in [2.45, 2.75) is 38.1 Å². The van der Waals surface area contributed by atoms with Gasteiger partial charge in [0.25, 0.3) is 0 Å². The minimum atomic E-state index is 0.285. The molecule has 1 fully saturated rings. The van der Waals surface area contributed by atoms with E-state index in [1.54, 1.807) is 6.20 Å². The van der Waals surface area contributed by atoms with Crippen LogP contribution in [-0.4, -0.2) is 17.4 Å². The van der Waals surface area contributed by atoms with E-state index in [0.717, 1.165) is 35.8 Å². The van der Waals surface area contributed by atoms with Crippen LogP contribution in [0.5, 0.6) is 0 Å². The third-order valence-corrected chi connectivity index (χ3v) is 4.38. The SMILES string of the molecule is O=CN(c1ccc(Cl)c2cccnc12)C1CCCCC1. The van der Waals surface area contributed by atoms with E-state index in [1.165, 1.54) is 19.3 Å². The van der Waals surface area contributed by atoms with Gasteiger partial charge in [-0.1, -0.05) is 30.9 Å². The fourth-order valence-corrected chi connectivity index (χ4v) is 3.25. The first-order valence-electron chi connectivity index (χ1n) is 7.08. The van der Waals surface area contributed by atoms with Crippen LogP contribution in [0.2, 0.25) is 5.02 Å².